The van der Waals surface area contributed by atoms with Crippen LogP contribution in [0.25, 0.3) is 0 Å². The van der Waals surface area contributed by atoms with Gasteiger partial charge in [-0.1, -0.05) is 50.3 Å². The van der Waals surface area contributed by atoms with Gasteiger partial charge >= 0.3 is 0 Å². The smallest absolute Gasteiger partial charge is 0.191 e. The molecule has 1 nitrogen and oxygen atoms in total. The van der Waals surface area contributed by atoms with E-state index in [0.717, 1.165) is 10.5 Å². The highest BCUT2D eigenvalue weighted by molar-refractivity contribution is 14.1. The number of rotatable bonds is 8. The quantitative estimate of drug-likeness (QED) is 0.274. The fourth-order valence-electron chi connectivity index (χ4n) is 1.71. The Hall–Kier alpha value is 0.907. The van der Waals surface area contributed by atoms with Crippen LogP contribution in [-0.4, -0.2) is 18.8 Å². The molecule has 0 amide bonds. The first kappa shape index (κ1) is 14.9. The summed E-state index contributed by atoms with van der Waals surface area (Å²) in [4.78, 5) is 0. The Kier molecular flexibility index (Phi) is 8.63. The van der Waals surface area contributed by atoms with Gasteiger partial charge in [-0.15, -0.1) is 0 Å². The Labute approximate surface area is 104 Å². The fourth-order valence-corrected chi connectivity index (χ4v) is 4.84. The Bertz CT molecular complexity index is 127. The van der Waals surface area contributed by atoms with Crippen molar-refractivity contribution in [2.24, 2.45) is 0 Å². The van der Waals surface area contributed by atoms with Crippen LogP contribution in [0.1, 0.15) is 40.5 Å². The van der Waals surface area contributed by atoms with Gasteiger partial charge in [-0.3, -0.25) is 0 Å². The van der Waals surface area contributed by atoms with Gasteiger partial charge in [0.15, 0.2) is 8.32 Å². The molecule has 14 heavy (non-hydrogen) atoms. The van der Waals surface area contributed by atoms with Crippen molar-refractivity contribution in [3.63, 3.8) is 0 Å². The van der Waals surface area contributed by atoms with Gasteiger partial charge in [0.05, 0.1) is 0 Å². The first-order valence-electron chi connectivity index (χ1n) is 5.88. The summed E-state index contributed by atoms with van der Waals surface area (Å²) in [6, 6.07) is 3.83. The van der Waals surface area contributed by atoms with E-state index in [9.17, 15) is 0 Å². The third-order valence-corrected chi connectivity index (χ3v) is 8.39. The molecule has 0 bridgehead atoms. The van der Waals surface area contributed by atoms with Gasteiger partial charge in [0.1, 0.15) is 0 Å². The normalized spacial score (nSPS) is 14.4. The largest absolute Gasteiger partial charge is 0.417 e. The summed E-state index contributed by atoms with van der Waals surface area (Å²) in [6.45, 7) is 10.1. The van der Waals surface area contributed by atoms with Crippen LogP contribution in [0.4, 0.5) is 0 Å². The number of hydrogen-bond donors (Lipinski definition) is 0. The van der Waals surface area contributed by atoms with Crippen molar-refractivity contribution >= 4 is 30.9 Å². The molecule has 3 heteroatoms. The van der Waals surface area contributed by atoms with E-state index in [-0.39, 0.29) is 0 Å². The summed E-state index contributed by atoms with van der Waals surface area (Å²) in [5, 5.41) is 0. The SMILES string of the molecule is CC[Si](CC)(CC)OCCCC(C)I. The fraction of sp³-hybridized carbons (Fsp3) is 1.00. The molecule has 0 aliphatic heterocycles. The molecule has 0 rings (SSSR count). The Morgan fingerprint density at radius 1 is 1.14 bits per heavy atom. The van der Waals surface area contributed by atoms with Gasteiger partial charge in [0.2, 0.25) is 0 Å². The van der Waals surface area contributed by atoms with E-state index in [1.54, 1.807) is 0 Å². The third kappa shape index (κ3) is 5.71. The van der Waals surface area contributed by atoms with Gasteiger partial charge in [0, 0.05) is 10.5 Å². The summed E-state index contributed by atoms with van der Waals surface area (Å²) in [5.74, 6) is 0. The maximum atomic E-state index is 6.16. The van der Waals surface area contributed by atoms with Crippen molar-refractivity contribution in [3.8, 4) is 0 Å². The molecule has 0 saturated heterocycles. The van der Waals surface area contributed by atoms with Gasteiger partial charge < -0.3 is 4.43 Å². The minimum absolute atomic E-state index is 0.789. The summed E-state index contributed by atoms with van der Waals surface area (Å²) in [5.41, 5.74) is 0. The highest BCUT2D eigenvalue weighted by Gasteiger charge is 2.28. The van der Waals surface area contributed by atoms with E-state index in [0.29, 0.717) is 0 Å². The van der Waals surface area contributed by atoms with E-state index in [4.69, 9.17) is 4.43 Å². The molecule has 0 fully saturated rings. The van der Waals surface area contributed by atoms with E-state index >= 15 is 0 Å². The lowest BCUT2D eigenvalue weighted by atomic mass is 10.3. The number of hydrogen-bond acceptors (Lipinski definition) is 1. The predicted octanol–water partition coefficient (Wildman–Crippen LogP) is 4.61. The third-order valence-electron chi connectivity index (χ3n) is 3.09. The topological polar surface area (TPSA) is 9.23 Å². The molecule has 0 spiro atoms. The Morgan fingerprint density at radius 2 is 1.64 bits per heavy atom. The summed E-state index contributed by atoms with van der Waals surface area (Å²) < 4.78 is 6.95. The second-order valence-electron chi connectivity index (χ2n) is 4.02. The first-order chi connectivity index (χ1) is 6.60. The van der Waals surface area contributed by atoms with Crippen LogP contribution >= 0.6 is 22.6 Å². The maximum Gasteiger partial charge on any atom is 0.191 e. The molecule has 0 heterocycles. The molecule has 0 aromatic rings. The second-order valence-corrected chi connectivity index (χ2v) is 10.9. The van der Waals surface area contributed by atoms with E-state index < -0.39 is 8.32 Å². The van der Waals surface area contributed by atoms with Crippen LogP contribution in [0.15, 0.2) is 0 Å². The Morgan fingerprint density at radius 3 is 2.00 bits per heavy atom. The molecule has 0 aromatic heterocycles. The molecule has 0 saturated carbocycles. The van der Waals surface area contributed by atoms with Crippen LogP contribution in [0, 0.1) is 0 Å². The van der Waals surface area contributed by atoms with Crippen molar-refractivity contribution in [1.29, 1.82) is 0 Å². The lowest BCUT2D eigenvalue weighted by molar-refractivity contribution is 0.290. The van der Waals surface area contributed by atoms with Crippen molar-refractivity contribution in [3.05, 3.63) is 0 Å². The first-order valence-corrected chi connectivity index (χ1v) is 9.65. The summed E-state index contributed by atoms with van der Waals surface area (Å²) in [7, 11) is -1.29. The molecule has 86 valence electrons. The predicted molar refractivity (Wildman–Crippen MR) is 75.9 cm³/mol. The lowest BCUT2D eigenvalue weighted by Crippen LogP contribution is -2.36. The highest BCUT2D eigenvalue weighted by atomic mass is 127. The molecule has 0 aliphatic rings. The zero-order valence-corrected chi connectivity index (χ0v) is 13.3. The number of halogens is 1. The van der Waals surface area contributed by atoms with Crippen LogP contribution in [0.5, 0.6) is 0 Å². The minimum atomic E-state index is -1.29. The summed E-state index contributed by atoms with van der Waals surface area (Å²) in [6.07, 6.45) is 2.53. The van der Waals surface area contributed by atoms with Crippen molar-refractivity contribution in [2.45, 2.75) is 62.6 Å². The van der Waals surface area contributed by atoms with Crippen LogP contribution in [-0.2, 0) is 4.43 Å². The zero-order valence-electron chi connectivity index (χ0n) is 10.1. The monoisotopic (exact) mass is 328 g/mol. The van der Waals surface area contributed by atoms with Gasteiger partial charge in [0.25, 0.3) is 0 Å². The van der Waals surface area contributed by atoms with E-state index in [2.05, 4.69) is 50.3 Å². The minimum Gasteiger partial charge on any atom is -0.417 e. The summed E-state index contributed by atoms with van der Waals surface area (Å²) >= 11 is 2.49. The lowest BCUT2D eigenvalue weighted by Gasteiger charge is -2.28. The number of alkyl halides is 1. The standard InChI is InChI=1S/C11H25IOSi/c1-5-14(6-2,7-3)13-10-8-9-11(4)12/h11H,5-10H2,1-4H3. The van der Waals surface area contributed by atoms with Crippen molar-refractivity contribution in [2.75, 3.05) is 6.61 Å². The molecule has 0 radical (unpaired) electrons. The maximum absolute atomic E-state index is 6.16. The Balaban J connectivity index is 3.71. The molecule has 1 atom stereocenters. The highest BCUT2D eigenvalue weighted by Crippen LogP contribution is 2.22. The molecule has 0 aromatic carbocycles. The average molecular weight is 328 g/mol. The molecule has 1 unspecified atom stereocenters. The average Bonchev–Trinajstić information content (AvgIpc) is 2.19. The van der Waals surface area contributed by atoms with Gasteiger partial charge in [-0.05, 0) is 31.0 Å². The van der Waals surface area contributed by atoms with E-state index in [1.165, 1.54) is 31.0 Å². The zero-order chi connectivity index (χ0) is 11.0. The van der Waals surface area contributed by atoms with Gasteiger partial charge in [-0.25, -0.2) is 0 Å². The van der Waals surface area contributed by atoms with Crippen LogP contribution in [0.3, 0.4) is 0 Å². The van der Waals surface area contributed by atoms with Crippen molar-refractivity contribution in [1.82, 2.24) is 0 Å². The van der Waals surface area contributed by atoms with Crippen molar-refractivity contribution < 1.29 is 4.43 Å². The molecular weight excluding hydrogens is 303 g/mol. The van der Waals surface area contributed by atoms with E-state index in [1.807, 2.05) is 0 Å². The molecule has 0 aliphatic carbocycles. The van der Waals surface area contributed by atoms with Crippen LogP contribution < -0.4 is 0 Å². The van der Waals surface area contributed by atoms with Gasteiger partial charge in [-0.2, -0.15) is 0 Å². The molecular formula is C11H25IOSi. The molecule has 0 N–H and O–H groups in total. The van der Waals surface area contributed by atoms with Crippen LogP contribution in [0.2, 0.25) is 18.1 Å². The second kappa shape index (κ2) is 8.10.